The summed E-state index contributed by atoms with van der Waals surface area (Å²) in [7, 11) is 0. The van der Waals surface area contributed by atoms with Crippen LogP contribution in [0.2, 0.25) is 0 Å². The number of nitrogens with two attached hydrogens (primary N) is 1. The van der Waals surface area contributed by atoms with Crippen molar-refractivity contribution < 1.29 is 4.79 Å². The van der Waals surface area contributed by atoms with Crippen molar-refractivity contribution in [2.45, 2.75) is 6.92 Å². The maximum absolute atomic E-state index is 12.2. The molecule has 0 aliphatic heterocycles. The Balaban J connectivity index is 0.00000192. The van der Waals surface area contributed by atoms with Gasteiger partial charge in [0.15, 0.2) is 0 Å². The van der Waals surface area contributed by atoms with Crippen molar-refractivity contribution in [1.82, 2.24) is 25.6 Å². The first-order valence-corrected chi connectivity index (χ1v) is 6.51. The number of anilines is 2. The Hall–Kier alpha value is -2.29. The fourth-order valence-electron chi connectivity index (χ4n) is 1.97. The van der Waals surface area contributed by atoms with Crippen LogP contribution in [0.25, 0.3) is 11.3 Å². The predicted molar refractivity (Wildman–Crippen MR) is 88.1 cm³/mol. The summed E-state index contributed by atoms with van der Waals surface area (Å²) >= 11 is 0. The molecule has 0 aliphatic carbocycles. The van der Waals surface area contributed by atoms with E-state index in [1.54, 1.807) is 18.2 Å². The van der Waals surface area contributed by atoms with Gasteiger partial charge in [-0.15, -0.1) is 0 Å². The number of aryl methyl sites for hydroxylation is 1. The van der Waals surface area contributed by atoms with E-state index in [0.29, 0.717) is 11.4 Å². The topological polar surface area (TPSA) is 122 Å². The molecule has 4 N–H and O–H groups in total. The SMILES string of the molecule is Cc1cc(C(=O)Nc2nnn[nH]2)nc(-c2ccc(N)cc2)c1.[NaH]. The van der Waals surface area contributed by atoms with Crippen LogP contribution >= 0.6 is 0 Å². The van der Waals surface area contributed by atoms with Crippen LogP contribution in [0.1, 0.15) is 16.1 Å². The molecule has 0 radical (unpaired) electrons. The first kappa shape index (κ1) is 17.1. The van der Waals surface area contributed by atoms with Crippen molar-refractivity contribution in [3.05, 3.63) is 47.7 Å². The summed E-state index contributed by atoms with van der Waals surface area (Å²) < 4.78 is 0. The monoisotopic (exact) mass is 319 g/mol. The number of aromatic nitrogens is 5. The van der Waals surface area contributed by atoms with Crippen LogP contribution in [-0.4, -0.2) is 61.1 Å². The molecule has 0 aliphatic rings. The fraction of sp³-hybridized carbons (Fsp3) is 0.0714. The molecule has 0 atom stereocenters. The van der Waals surface area contributed by atoms with Crippen molar-refractivity contribution in [2.24, 2.45) is 0 Å². The number of rotatable bonds is 3. The summed E-state index contributed by atoms with van der Waals surface area (Å²) in [4.78, 5) is 16.6. The first-order valence-electron chi connectivity index (χ1n) is 6.51. The molecule has 1 amide bonds. The number of hydrogen-bond donors (Lipinski definition) is 3. The first-order chi connectivity index (χ1) is 10.6. The zero-order valence-corrected chi connectivity index (χ0v) is 11.7. The second-order valence-corrected chi connectivity index (χ2v) is 4.74. The second kappa shape index (κ2) is 7.32. The van der Waals surface area contributed by atoms with E-state index in [2.05, 4.69) is 30.9 Å². The molecule has 112 valence electrons. The van der Waals surface area contributed by atoms with E-state index in [1.165, 1.54) is 0 Å². The van der Waals surface area contributed by atoms with E-state index >= 15 is 0 Å². The summed E-state index contributed by atoms with van der Waals surface area (Å²) in [5, 5.41) is 15.4. The Morgan fingerprint density at radius 3 is 2.61 bits per heavy atom. The summed E-state index contributed by atoms with van der Waals surface area (Å²) in [6.45, 7) is 1.90. The molecule has 0 fully saturated rings. The van der Waals surface area contributed by atoms with Crippen LogP contribution < -0.4 is 11.1 Å². The van der Waals surface area contributed by atoms with Crippen LogP contribution in [-0.2, 0) is 0 Å². The Morgan fingerprint density at radius 2 is 1.96 bits per heavy atom. The number of H-pyrrole nitrogens is 1. The number of carbonyl (C=O) groups is 1. The van der Waals surface area contributed by atoms with E-state index in [9.17, 15) is 4.79 Å². The van der Waals surface area contributed by atoms with E-state index in [4.69, 9.17) is 5.73 Å². The molecule has 0 spiro atoms. The zero-order valence-electron chi connectivity index (χ0n) is 11.7. The van der Waals surface area contributed by atoms with Crippen LogP contribution in [0.5, 0.6) is 0 Å². The molecular formula is C14H14N7NaO. The van der Waals surface area contributed by atoms with Gasteiger partial charge in [-0.25, -0.2) is 10.1 Å². The number of benzene rings is 1. The van der Waals surface area contributed by atoms with E-state index in [0.717, 1.165) is 11.1 Å². The number of aromatic amines is 1. The van der Waals surface area contributed by atoms with Gasteiger partial charge in [0.1, 0.15) is 5.69 Å². The number of nitrogens with zero attached hydrogens (tertiary/aromatic N) is 4. The van der Waals surface area contributed by atoms with Crippen molar-refractivity contribution in [3.63, 3.8) is 0 Å². The number of pyridine rings is 1. The van der Waals surface area contributed by atoms with Crippen LogP contribution in [0.4, 0.5) is 11.6 Å². The van der Waals surface area contributed by atoms with Crippen molar-refractivity contribution >= 4 is 47.1 Å². The number of hydrogen-bond acceptors (Lipinski definition) is 6. The molecule has 0 bridgehead atoms. The van der Waals surface area contributed by atoms with E-state index in [1.807, 2.05) is 25.1 Å². The van der Waals surface area contributed by atoms with Gasteiger partial charge in [-0.3, -0.25) is 10.1 Å². The minimum absolute atomic E-state index is 0. The van der Waals surface area contributed by atoms with Crippen LogP contribution in [0.15, 0.2) is 36.4 Å². The van der Waals surface area contributed by atoms with Crippen LogP contribution in [0, 0.1) is 6.92 Å². The normalized spacial score (nSPS) is 9.96. The summed E-state index contributed by atoms with van der Waals surface area (Å²) in [6.07, 6.45) is 0. The fourth-order valence-corrected chi connectivity index (χ4v) is 1.97. The minimum atomic E-state index is -0.390. The zero-order chi connectivity index (χ0) is 15.5. The number of nitrogen functional groups attached to an aromatic ring is 1. The molecule has 0 saturated carbocycles. The van der Waals surface area contributed by atoms with Gasteiger partial charge in [-0.05, 0) is 47.2 Å². The van der Waals surface area contributed by atoms with Gasteiger partial charge in [-0.1, -0.05) is 17.2 Å². The molecule has 8 nitrogen and oxygen atoms in total. The molecule has 2 aromatic heterocycles. The number of nitrogens with one attached hydrogen (secondary N) is 2. The van der Waals surface area contributed by atoms with Gasteiger partial charge >= 0.3 is 29.6 Å². The van der Waals surface area contributed by atoms with Gasteiger partial charge in [-0.2, -0.15) is 0 Å². The molecule has 0 unspecified atom stereocenters. The summed E-state index contributed by atoms with van der Waals surface area (Å²) in [5.74, 6) is -0.221. The molecule has 3 aromatic rings. The van der Waals surface area contributed by atoms with Gasteiger partial charge in [0.25, 0.3) is 5.91 Å². The Kier molecular flexibility index (Phi) is 5.43. The predicted octanol–water partition coefficient (Wildman–Crippen LogP) is 0.756. The van der Waals surface area contributed by atoms with Gasteiger partial charge in [0.2, 0.25) is 5.95 Å². The third-order valence-corrected chi connectivity index (χ3v) is 2.99. The second-order valence-electron chi connectivity index (χ2n) is 4.74. The van der Waals surface area contributed by atoms with E-state index in [-0.39, 0.29) is 47.1 Å². The Morgan fingerprint density at radius 1 is 1.22 bits per heavy atom. The number of tetrazole rings is 1. The van der Waals surface area contributed by atoms with E-state index < -0.39 is 0 Å². The number of carbonyl (C=O) groups excluding carboxylic acids is 1. The van der Waals surface area contributed by atoms with Crippen molar-refractivity contribution in [3.8, 4) is 11.3 Å². The average Bonchev–Trinajstić information content (AvgIpc) is 3.00. The van der Waals surface area contributed by atoms with Crippen LogP contribution in [0.3, 0.4) is 0 Å². The van der Waals surface area contributed by atoms with Crippen molar-refractivity contribution in [2.75, 3.05) is 11.1 Å². The summed E-state index contributed by atoms with van der Waals surface area (Å²) in [5.41, 5.74) is 9.13. The van der Waals surface area contributed by atoms with Gasteiger partial charge in [0, 0.05) is 11.3 Å². The Labute approximate surface area is 154 Å². The molecule has 1 aromatic carbocycles. The maximum atomic E-state index is 12.2. The molecule has 2 heterocycles. The van der Waals surface area contributed by atoms with Gasteiger partial charge < -0.3 is 5.73 Å². The molecule has 23 heavy (non-hydrogen) atoms. The standard InChI is InChI=1S/C14H13N7O.Na.H/c1-8-6-11(9-2-4-10(15)5-3-9)16-12(7-8)13(22)17-14-18-20-21-19-14;;/h2-7H,15H2,1H3,(H2,17,18,19,20,21,22);;. The molecular weight excluding hydrogens is 305 g/mol. The van der Waals surface area contributed by atoms with Crippen molar-refractivity contribution in [1.29, 1.82) is 0 Å². The van der Waals surface area contributed by atoms with Gasteiger partial charge in [0.05, 0.1) is 5.69 Å². The third-order valence-electron chi connectivity index (χ3n) is 2.99. The molecule has 9 heteroatoms. The summed E-state index contributed by atoms with van der Waals surface area (Å²) in [6, 6.07) is 10.9. The Bertz CT molecular complexity index is 803. The quantitative estimate of drug-likeness (QED) is 0.484. The average molecular weight is 319 g/mol. The number of amides is 1. The third kappa shape index (κ3) is 4.13. The molecule has 0 saturated heterocycles. The molecule has 3 rings (SSSR count).